The molecule has 1 aliphatic rings. The van der Waals surface area contributed by atoms with Crippen LogP contribution in [0.1, 0.15) is 39.5 Å². The molecule has 0 aromatic carbocycles. The first-order valence-electron chi connectivity index (χ1n) is 6.92. The summed E-state index contributed by atoms with van der Waals surface area (Å²) in [5, 5.41) is 14.3. The summed E-state index contributed by atoms with van der Waals surface area (Å²) in [4.78, 5) is 22.2. The SMILES string of the molecule is CCOC1CC(NC(=O)NCC(CC)CC(=O)O)C1. The van der Waals surface area contributed by atoms with Crippen molar-refractivity contribution in [2.24, 2.45) is 5.92 Å². The standard InChI is InChI=1S/C13H24N2O4/c1-3-9(5-12(16)17)8-14-13(18)15-10-6-11(7-10)19-4-2/h9-11H,3-8H2,1-2H3,(H,16,17)(H2,14,15,18). The minimum atomic E-state index is -0.826. The van der Waals surface area contributed by atoms with Crippen molar-refractivity contribution in [3.8, 4) is 0 Å². The van der Waals surface area contributed by atoms with Crippen LogP contribution >= 0.6 is 0 Å². The van der Waals surface area contributed by atoms with Gasteiger partial charge in [0.15, 0.2) is 0 Å². The van der Waals surface area contributed by atoms with E-state index in [4.69, 9.17) is 9.84 Å². The lowest BCUT2D eigenvalue weighted by atomic mass is 9.89. The highest BCUT2D eigenvalue weighted by Gasteiger charge is 2.30. The Kier molecular flexibility index (Phi) is 6.62. The van der Waals surface area contributed by atoms with Crippen molar-refractivity contribution in [2.45, 2.75) is 51.7 Å². The minimum Gasteiger partial charge on any atom is -0.481 e. The van der Waals surface area contributed by atoms with Crippen LogP contribution in [0.3, 0.4) is 0 Å². The summed E-state index contributed by atoms with van der Waals surface area (Å²) in [5.74, 6) is -0.839. The van der Waals surface area contributed by atoms with Crippen LogP contribution in [0.2, 0.25) is 0 Å². The third kappa shape index (κ3) is 5.92. The van der Waals surface area contributed by atoms with Crippen LogP contribution in [-0.2, 0) is 9.53 Å². The molecule has 6 nitrogen and oxygen atoms in total. The van der Waals surface area contributed by atoms with Gasteiger partial charge in [0.2, 0.25) is 0 Å². The van der Waals surface area contributed by atoms with Crippen LogP contribution < -0.4 is 10.6 Å². The van der Waals surface area contributed by atoms with Crippen LogP contribution in [0.25, 0.3) is 0 Å². The largest absolute Gasteiger partial charge is 0.481 e. The number of carbonyl (C=O) groups is 2. The number of carboxylic acids is 1. The van der Waals surface area contributed by atoms with Crippen molar-refractivity contribution in [2.75, 3.05) is 13.2 Å². The fourth-order valence-electron chi connectivity index (χ4n) is 2.14. The number of ether oxygens (including phenoxy) is 1. The van der Waals surface area contributed by atoms with Gasteiger partial charge in [-0.05, 0) is 25.7 Å². The van der Waals surface area contributed by atoms with Crippen LogP contribution in [-0.4, -0.2) is 42.4 Å². The molecular formula is C13H24N2O4. The maximum absolute atomic E-state index is 11.6. The second-order valence-corrected chi connectivity index (χ2v) is 4.97. The van der Waals surface area contributed by atoms with Crippen molar-refractivity contribution in [3.63, 3.8) is 0 Å². The molecule has 2 amide bonds. The lowest BCUT2D eigenvalue weighted by Gasteiger charge is -2.35. The van der Waals surface area contributed by atoms with Gasteiger partial charge in [-0.1, -0.05) is 13.3 Å². The van der Waals surface area contributed by atoms with E-state index in [1.54, 1.807) is 0 Å². The van der Waals surface area contributed by atoms with Gasteiger partial charge in [0.25, 0.3) is 0 Å². The maximum atomic E-state index is 11.6. The van der Waals surface area contributed by atoms with Crippen LogP contribution in [0, 0.1) is 5.92 Å². The lowest BCUT2D eigenvalue weighted by molar-refractivity contribution is -0.138. The zero-order valence-corrected chi connectivity index (χ0v) is 11.6. The summed E-state index contributed by atoms with van der Waals surface area (Å²) < 4.78 is 5.41. The second kappa shape index (κ2) is 7.99. The first-order chi connectivity index (χ1) is 9.05. The van der Waals surface area contributed by atoms with Gasteiger partial charge in [-0.3, -0.25) is 4.79 Å². The van der Waals surface area contributed by atoms with E-state index in [2.05, 4.69) is 10.6 Å². The number of carbonyl (C=O) groups excluding carboxylic acids is 1. The first kappa shape index (κ1) is 15.8. The van der Waals surface area contributed by atoms with Gasteiger partial charge in [-0.15, -0.1) is 0 Å². The highest BCUT2D eigenvalue weighted by Crippen LogP contribution is 2.22. The summed E-state index contributed by atoms with van der Waals surface area (Å²) in [6.45, 7) is 4.99. The van der Waals surface area contributed by atoms with Gasteiger partial charge in [-0.25, -0.2) is 4.79 Å². The van der Waals surface area contributed by atoms with Gasteiger partial charge in [-0.2, -0.15) is 0 Å². The molecule has 1 aliphatic carbocycles. The van der Waals surface area contributed by atoms with Crippen LogP contribution in [0.15, 0.2) is 0 Å². The number of hydrogen-bond donors (Lipinski definition) is 3. The Morgan fingerprint density at radius 3 is 2.58 bits per heavy atom. The van der Waals surface area contributed by atoms with Crippen LogP contribution in [0.4, 0.5) is 4.79 Å². The van der Waals surface area contributed by atoms with E-state index in [-0.39, 0.29) is 30.5 Å². The molecule has 0 aromatic heterocycles. The van der Waals surface area contributed by atoms with Crippen molar-refractivity contribution in [1.29, 1.82) is 0 Å². The second-order valence-electron chi connectivity index (χ2n) is 4.97. The molecular weight excluding hydrogens is 248 g/mol. The van der Waals surface area contributed by atoms with E-state index in [9.17, 15) is 9.59 Å². The third-order valence-electron chi connectivity index (χ3n) is 3.42. The summed E-state index contributed by atoms with van der Waals surface area (Å²) in [5.41, 5.74) is 0. The maximum Gasteiger partial charge on any atom is 0.315 e. The van der Waals surface area contributed by atoms with Crippen molar-refractivity contribution in [3.05, 3.63) is 0 Å². The Balaban J connectivity index is 2.13. The van der Waals surface area contributed by atoms with Gasteiger partial charge in [0.05, 0.1) is 6.10 Å². The molecule has 6 heteroatoms. The normalized spacial score (nSPS) is 23.3. The molecule has 0 saturated heterocycles. The predicted molar refractivity (Wildman–Crippen MR) is 71.0 cm³/mol. The Morgan fingerprint density at radius 2 is 2.05 bits per heavy atom. The topological polar surface area (TPSA) is 87.7 Å². The molecule has 110 valence electrons. The number of carboxylic acid groups (broad SMARTS) is 1. The zero-order chi connectivity index (χ0) is 14.3. The number of amides is 2. The van der Waals surface area contributed by atoms with Crippen LogP contribution in [0.5, 0.6) is 0 Å². The monoisotopic (exact) mass is 272 g/mol. The van der Waals surface area contributed by atoms with E-state index in [1.807, 2.05) is 13.8 Å². The summed E-state index contributed by atoms with van der Waals surface area (Å²) in [6, 6.07) is -0.0418. The quantitative estimate of drug-likeness (QED) is 0.622. The van der Waals surface area contributed by atoms with E-state index in [1.165, 1.54) is 0 Å². The fraction of sp³-hybridized carbons (Fsp3) is 0.846. The van der Waals surface area contributed by atoms with Gasteiger partial charge >= 0.3 is 12.0 Å². The van der Waals surface area contributed by atoms with E-state index < -0.39 is 5.97 Å². The number of nitrogens with one attached hydrogen (secondary N) is 2. The molecule has 0 aromatic rings. The molecule has 0 radical (unpaired) electrons. The highest BCUT2D eigenvalue weighted by molar-refractivity contribution is 5.74. The molecule has 0 heterocycles. The molecule has 0 aliphatic heterocycles. The Hall–Kier alpha value is -1.30. The molecule has 1 fully saturated rings. The molecule has 0 bridgehead atoms. The number of hydrogen-bond acceptors (Lipinski definition) is 3. The number of rotatable bonds is 8. The lowest BCUT2D eigenvalue weighted by Crippen LogP contribution is -2.51. The first-order valence-corrected chi connectivity index (χ1v) is 6.92. The van der Waals surface area contributed by atoms with E-state index >= 15 is 0 Å². The van der Waals surface area contributed by atoms with E-state index in [0.717, 1.165) is 19.3 Å². The number of urea groups is 1. The van der Waals surface area contributed by atoms with Crippen molar-refractivity contribution in [1.82, 2.24) is 10.6 Å². The van der Waals surface area contributed by atoms with Crippen molar-refractivity contribution < 1.29 is 19.4 Å². The number of aliphatic carboxylic acids is 1. The molecule has 19 heavy (non-hydrogen) atoms. The third-order valence-corrected chi connectivity index (χ3v) is 3.42. The van der Waals surface area contributed by atoms with Gasteiger partial charge < -0.3 is 20.5 Å². The Labute approximate surface area is 113 Å². The summed E-state index contributed by atoms with van der Waals surface area (Å²) in [6.07, 6.45) is 2.81. The Bertz CT molecular complexity index is 303. The summed E-state index contributed by atoms with van der Waals surface area (Å²) >= 11 is 0. The van der Waals surface area contributed by atoms with Gasteiger partial charge in [0, 0.05) is 25.6 Å². The average Bonchev–Trinajstić information content (AvgIpc) is 2.31. The molecule has 1 rings (SSSR count). The van der Waals surface area contributed by atoms with Gasteiger partial charge in [0.1, 0.15) is 0 Å². The molecule has 1 atom stereocenters. The summed E-state index contributed by atoms with van der Waals surface area (Å²) in [7, 11) is 0. The Morgan fingerprint density at radius 1 is 1.37 bits per heavy atom. The smallest absolute Gasteiger partial charge is 0.315 e. The van der Waals surface area contributed by atoms with E-state index in [0.29, 0.717) is 13.2 Å². The molecule has 1 unspecified atom stereocenters. The predicted octanol–water partition coefficient (Wildman–Crippen LogP) is 1.35. The molecule has 3 N–H and O–H groups in total. The van der Waals surface area contributed by atoms with Crippen molar-refractivity contribution >= 4 is 12.0 Å². The highest BCUT2D eigenvalue weighted by atomic mass is 16.5. The molecule has 1 saturated carbocycles. The average molecular weight is 272 g/mol. The fourth-order valence-corrected chi connectivity index (χ4v) is 2.14. The minimum absolute atomic E-state index is 0.0131. The molecule has 0 spiro atoms. The zero-order valence-electron chi connectivity index (χ0n) is 11.6.